The van der Waals surface area contributed by atoms with Crippen molar-refractivity contribution in [3.63, 3.8) is 0 Å². The minimum Gasteiger partial charge on any atom is -0.372 e. The molecule has 0 saturated carbocycles. The van der Waals surface area contributed by atoms with E-state index in [1.165, 1.54) is 37.3 Å². The molecule has 0 bridgehead atoms. The molecule has 3 nitrogen and oxygen atoms in total. The predicted octanol–water partition coefficient (Wildman–Crippen LogP) is 2.47. The Labute approximate surface area is 116 Å². The summed E-state index contributed by atoms with van der Waals surface area (Å²) in [6, 6.07) is 10.3. The molecule has 1 N–H and O–H groups in total. The summed E-state index contributed by atoms with van der Waals surface area (Å²) in [7, 11) is 0. The Morgan fingerprint density at radius 1 is 0.895 bits per heavy atom. The summed E-state index contributed by atoms with van der Waals surface area (Å²) in [4.78, 5) is 5.04. The molecular weight excluding hydrogens is 234 g/mol. The molecule has 2 aliphatic rings. The van der Waals surface area contributed by atoms with E-state index < -0.39 is 0 Å². The molecule has 0 amide bonds. The molecule has 3 rings (SSSR count). The third-order valence-corrected chi connectivity index (χ3v) is 4.45. The van der Waals surface area contributed by atoms with Gasteiger partial charge in [0, 0.05) is 49.6 Å². The van der Waals surface area contributed by atoms with Crippen LogP contribution in [0.2, 0.25) is 0 Å². The molecule has 1 aromatic carbocycles. The molecule has 2 fully saturated rings. The summed E-state index contributed by atoms with van der Waals surface area (Å²) in [5, 5.41) is 3.49. The topological polar surface area (TPSA) is 18.5 Å². The molecule has 0 aliphatic carbocycles. The first-order valence-electron chi connectivity index (χ1n) is 7.60. The zero-order valence-corrected chi connectivity index (χ0v) is 12.1. The van der Waals surface area contributed by atoms with E-state index in [1.54, 1.807) is 0 Å². The van der Waals surface area contributed by atoms with Crippen molar-refractivity contribution < 1.29 is 0 Å². The third-order valence-electron chi connectivity index (χ3n) is 4.45. The summed E-state index contributed by atoms with van der Waals surface area (Å²) in [5.41, 5.74) is 2.75. The van der Waals surface area contributed by atoms with Crippen molar-refractivity contribution in [1.82, 2.24) is 5.32 Å². The second-order valence-corrected chi connectivity index (χ2v) is 5.97. The number of benzene rings is 1. The highest BCUT2D eigenvalue weighted by Crippen LogP contribution is 2.26. The van der Waals surface area contributed by atoms with Gasteiger partial charge in [-0.3, -0.25) is 0 Å². The van der Waals surface area contributed by atoms with Crippen molar-refractivity contribution in [2.45, 2.75) is 38.8 Å². The van der Waals surface area contributed by atoms with Crippen molar-refractivity contribution in [2.24, 2.45) is 0 Å². The van der Waals surface area contributed by atoms with Crippen LogP contribution in [0.15, 0.2) is 24.3 Å². The average molecular weight is 259 g/mol. The first-order valence-corrected chi connectivity index (χ1v) is 7.60. The van der Waals surface area contributed by atoms with Gasteiger partial charge < -0.3 is 15.1 Å². The number of piperazine rings is 1. The quantitative estimate of drug-likeness (QED) is 0.880. The van der Waals surface area contributed by atoms with E-state index in [-0.39, 0.29) is 0 Å². The van der Waals surface area contributed by atoms with Crippen LogP contribution < -0.4 is 15.1 Å². The fraction of sp³-hybridized carbons (Fsp3) is 0.625. The molecule has 1 aromatic rings. The second-order valence-electron chi connectivity index (χ2n) is 5.97. The van der Waals surface area contributed by atoms with Crippen molar-refractivity contribution in [2.75, 3.05) is 36.0 Å². The van der Waals surface area contributed by atoms with E-state index in [0.29, 0.717) is 12.1 Å². The minimum absolute atomic E-state index is 0.571. The van der Waals surface area contributed by atoms with Crippen LogP contribution in [0.4, 0.5) is 11.4 Å². The Kier molecular flexibility index (Phi) is 3.65. The van der Waals surface area contributed by atoms with Gasteiger partial charge in [-0.1, -0.05) is 0 Å². The van der Waals surface area contributed by atoms with Crippen molar-refractivity contribution >= 4 is 11.4 Å². The Bertz CT molecular complexity index is 399. The van der Waals surface area contributed by atoms with Gasteiger partial charge in [-0.05, 0) is 51.0 Å². The van der Waals surface area contributed by atoms with Gasteiger partial charge >= 0.3 is 0 Å². The molecular formula is C16H25N3. The van der Waals surface area contributed by atoms with Gasteiger partial charge in [-0.25, -0.2) is 0 Å². The Morgan fingerprint density at radius 3 is 2.00 bits per heavy atom. The highest BCUT2D eigenvalue weighted by molar-refractivity contribution is 5.58. The maximum Gasteiger partial charge on any atom is 0.0389 e. The molecule has 0 radical (unpaired) electrons. The summed E-state index contributed by atoms with van der Waals surface area (Å²) < 4.78 is 0. The van der Waals surface area contributed by atoms with E-state index in [4.69, 9.17) is 0 Å². The smallest absolute Gasteiger partial charge is 0.0389 e. The van der Waals surface area contributed by atoms with E-state index in [1.807, 2.05) is 0 Å². The third kappa shape index (κ3) is 2.57. The number of nitrogens with one attached hydrogen (secondary N) is 1. The molecule has 3 heteroatoms. The number of anilines is 2. The molecule has 2 atom stereocenters. The molecule has 104 valence electrons. The summed E-state index contributed by atoms with van der Waals surface area (Å²) in [5.74, 6) is 0. The SMILES string of the molecule is CC1CNCC(C)N1c1ccc(N2CCCC2)cc1. The maximum absolute atomic E-state index is 3.49. The van der Waals surface area contributed by atoms with Crippen molar-refractivity contribution in [1.29, 1.82) is 0 Å². The molecule has 2 heterocycles. The molecule has 2 saturated heterocycles. The highest BCUT2D eigenvalue weighted by atomic mass is 15.2. The summed E-state index contributed by atoms with van der Waals surface area (Å²) >= 11 is 0. The maximum atomic E-state index is 3.49. The number of hydrogen-bond acceptors (Lipinski definition) is 3. The lowest BCUT2D eigenvalue weighted by Gasteiger charge is -2.41. The fourth-order valence-corrected chi connectivity index (χ4v) is 3.45. The van der Waals surface area contributed by atoms with Gasteiger partial charge in [0.05, 0.1) is 0 Å². The normalized spacial score (nSPS) is 27.9. The molecule has 0 spiro atoms. The first-order chi connectivity index (χ1) is 9.25. The number of rotatable bonds is 2. The average Bonchev–Trinajstić information content (AvgIpc) is 2.93. The van der Waals surface area contributed by atoms with Crippen LogP contribution in [0.3, 0.4) is 0 Å². The summed E-state index contributed by atoms with van der Waals surface area (Å²) in [6.45, 7) is 9.21. The van der Waals surface area contributed by atoms with E-state index >= 15 is 0 Å². The van der Waals surface area contributed by atoms with Crippen LogP contribution in [-0.4, -0.2) is 38.3 Å². The van der Waals surface area contributed by atoms with Gasteiger partial charge in [-0.2, -0.15) is 0 Å². The molecule has 19 heavy (non-hydrogen) atoms. The van der Waals surface area contributed by atoms with Crippen molar-refractivity contribution in [3.05, 3.63) is 24.3 Å². The van der Waals surface area contributed by atoms with Gasteiger partial charge in [0.2, 0.25) is 0 Å². The lowest BCUT2D eigenvalue weighted by Crippen LogP contribution is -2.55. The number of hydrogen-bond donors (Lipinski definition) is 1. The number of nitrogens with zero attached hydrogens (tertiary/aromatic N) is 2. The van der Waals surface area contributed by atoms with Gasteiger partial charge in [0.15, 0.2) is 0 Å². The molecule has 0 aromatic heterocycles. The second kappa shape index (κ2) is 5.41. The standard InChI is InChI=1S/C16H25N3/c1-13-11-17-12-14(2)19(13)16-7-5-15(6-8-16)18-9-3-4-10-18/h5-8,13-14,17H,3-4,9-12H2,1-2H3. The van der Waals surface area contributed by atoms with Gasteiger partial charge in [-0.15, -0.1) is 0 Å². The van der Waals surface area contributed by atoms with Gasteiger partial charge in [0.1, 0.15) is 0 Å². The van der Waals surface area contributed by atoms with E-state index in [2.05, 4.69) is 53.2 Å². The lowest BCUT2D eigenvalue weighted by atomic mass is 10.1. The predicted molar refractivity (Wildman–Crippen MR) is 82.2 cm³/mol. The Balaban J connectivity index is 1.77. The first kappa shape index (κ1) is 12.8. The fourth-order valence-electron chi connectivity index (χ4n) is 3.45. The van der Waals surface area contributed by atoms with Crippen molar-refractivity contribution in [3.8, 4) is 0 Å². The van der Waals surface area contributed by atoms with Crippen LogP contribution in [0.1, 0.15) is 26.7 Å². The molecule has 2 aliphatic heterocycles. The van der Waals surface area contributed by atoms with Crippen LogP contribution in [-0.2, 0) is 0 Å². The van der Waals surface area contributed by atoms with E-state index in [9.17, 15) is 0 Å². The molecule has 2 unspecified atom stereocenters. The van der Waals surface area contributed by atoms with Crippen LogP contribution in [0.5, 0.6) is 0 Å². The van der Waals surface area contributed by atoms with Crippen LogP contribution >= 0.6 is 0 Å². The largest absolute Gasteiger partial charge is 0.372 e. The Morgan fingerprint density at radius 2 is 1.42 bits per heavy atom. The zero-order valence-electron chi connectivity index (χ0n) is 12.1. The minimum atomic E-state index is 0.571. The van der Waals surface area contributed by atoms with Gasteiger partial charge in [0.25, 0.3) is 0 Å². The van der Waals surface area contributed by atoms with Crippen LogP contribution in [0.25, 0.3) is 0 Å². The highest BCUT2D eigenvalue weighted by Gasteiger charge is 2.24. The Hall–Kier alpha value is -1.22. The monoisotopic (exact) mass is 259 g/mol. The van der Waals surface area contributed by atoms with Crippen LogP contribution in [0, 0.1) is 0 Å². The lowest BCUT2D eigenvalue weighted by molar-refractivity contribution is 0.432. The van der Waals surface area contributed by atoms with E-state index in [0.717, 1.165) is 13.1 Å². The summed E-state index contributed by atoms with van der Waals surface area (Å²) in [6.07, 6.45) is 2.68. The zero-order chi connectivity index (χ0) is 13.2.